The number of nitrogens with zero attached hydrogens (tertiary/aromatic N) is 3. The molecular formula is C12H8FN3O4S. The lowest BCUT2D eigenvalue weighted by atomic mass is 10.2. The number of carbonyl (C=O) groups is 1. The Morgan fingerprint density at radius 2 is 2.19 bits per heavy atom. The molecule has 1 aromatic carbocycles. The Balaban J connectivity index is 2.47. The molecule has 0 radical (unpaired) electrons. The molecule has 0 saturated carbocycles. The Hall–Kier alpha value is -2.55. The van der Waals surface area contributed by atoms with E-state index in [0.29, 0.717) is 11.8 Å². The first-order valence-electron chi connectivity index (χ1n) is 5.57. The van der Waals surface area contributed by atoms with Gasteiger partial charge in [-0.25, -0.2) is 19.2 Å². The molecule has 0 fully saturated rings. The third kappa shape index (κ3) is 3.31. The predicted molar refractivity (Wildman–Crippen MR) is 70.9 cm³/mol. The van der Waals surface area contributed by atoms with E-state index in [0.717, 1.165) is 17.8 Å². The second kappa shape index (κ2) is 5.83. The second-order valence-electron chi connectivity index (χ2n) is 3.94. The van der Waals surface area contributed by atoms with Gasteiger partial charge in [-0.1, -0.05) is 0 Å². The number of carboxylic acid groups (broad SMARTS) is 1. The van der Waals surface area contributed by atoms with E-state index in [4.69, 9.17) is 5.11 Å². The molecule has 0 amide bonds. The molecule has 2 rings (SSSR count). The van der Waals surface area contributed by atoms with Crippen LogP contribution in [0.25, 0.3) is 0 Å². The predicted octanol–water partition coefficient (Wildman–Crippen LogP) is 2.68. The summed E-state index contributed by atoms with van der Waals surface area (Å²) in [5.74, 6) is -2.41. The van der Waals surface area contributed by atoms with E-state index in [9.17, 15) is 19.3 Å². The van der Waals surface area contributed by atoms with Crippen LogP contribution in [0.5, 0.6) is 0 Å². The van der Waals surface area contributed by atoms with Gasteiger partial charge in [-0.15, -0.1) is 0 Å². The highest BCUT2D eigenvalue weighted by Crippen LogP contribution is 2.32. The van der Waals surface area contributed by atoms with E-state index in [1.165, 1.54) is 6.20 Å². The Labute approximate surface area is 122 Å². The zero-order chi connectivity index (χ0) is 15.6. The molecule has 1 aromatic heterocycles. The lowest BCUT2D eigenvalue weighted by Gasteiger charge is -2.05. The number of nitro groups is 1. The van der Waals surface area contributed by atoms with Crippen molar-refractivity contribution in [3.05, 3.63) is 51.6 Å². The lowest BCUT2D eigenvalue weighted by molar-refractivity contribution is -0.385. The summed E-state index contributed by atoms with van der Waals surface area (Å²) in [6, 6.07) is 3.15. The number of hydrogen-bond acceptors (Lipinski definition) is 6. The minimum atomic E-state index is -1.51. The first-order chi connectivity index (χ1) is 9.88. The summed E-state index contributed by atoms with van der Waals surface area (Å²) in [6.45, 7) is 1.72. The Morgan fingerprint density at radius 3 is 2.76 bits per heavy atom. The van der Waals surface area contributed by atoms with Crippen LogP contribution in [0.3, 0.4) is 0 Å². The quantitative estimate of drug-likeness (QED) is 0.525. The van der Waals surface area contributed by atoms with Crippen molar-refractivity contribution < 1.29 is 19.2 Å². The number of rotatable bonds is 4. The number of aromatic nitrogens is 2. The van der Waals surface area contributed by atoms with E-state index < -0.39 is 28.0 Å². The molecule has 0 aliphatic carbocycles. The number of benzene rings is 1. The van der Waals surface area contributed by atoms with Crippen LogP contribution in [-0.2, 0) is 0 Å². The van der Waals surface area contributed by atoms with Crippen LogP contribution >= 0.6 is 11.8 Å². The molecule has 0 spiro atoms. The first kappa shape index (κ1) is 14.9. The molecule has 0 bridgehead atoms. The summed E-state index contributed by atoms with van der Waals surface area (Å²) in [5, 5.41) is 19.9. The highest BCUT2D eigenvalue weighted by atomic mass is 32.2. The van der Waals surface area contributed by atoms with Gasteiger partial charge in [0.1, 0.15) is 11.4 Å². The van der Waals surface area contributed by atoms with E-state index in [2.05, 4.69) is 9.97 Å². The number of nitro benzene ring substituents is 1. The number of hydrogen-bond donors (Lipinski definition) is 1. The normalized spacial score (nSPS) is 10.4. The maximum Gasteiger partial charge on any atom is 0.342 e. The van der Waals surface area contributed by atoms with E-state index in [1.807, 2.05) is 0 Å². The molecule has 0 unspecified atom stereocenters. The van der Waals surface area contributed by atoms with Crippen LogP contribution in [0.2, 0.25) is 0 Å². The number of aryl methyl sites for hydroxylation is 1. The van der Waals surface area contributed by atoms with Crippen molar-refractivity contribution in [2.75, 3.05) is 0 Å². The summed E-state index contributed by atoms with van der Waals surface area (Å²) in [6.07, 6.45) is 1.48. The zero-order valence-electron chi connectivity index (χ0n) is 10.6. The summed E-state index contributed by atoms with van der Waals surface area (Å²) < 4.78 is 13.9. The number of carboxylic acids is 1. The van der Waals surface area contributed by atoms with Crippen LogP contribution in [0.15, 0.2) is 34.4 Å². The molecule has 0 aliphatic heterocycles. The zero-order valence-corrected chi connectivity index (χ0v) is 11.4. The fraction of sp³-hybridized carbons (Fsp3) is 0.0833. The van der Waals surface area contributed by atoms with E-state index in [1.54, 1.807) is 13.0 Å². The smallest absolute Gasteiger partial charge is 0.342 e. The molecule has 7 nitrogen and oxygen atoms in total. The highest BCUT2D eigenvalue weighted by molar-refractivity contribution is 7.99. The molecule has 1 heterocycles. The molecule has 9 heteroatoms. The van der Waals surface area contributed by atoms with Gasteiger partial charge in [0.05, 0.1) is 15.9 Å². The fourth-order valence-electron chi connectivity index (χ4n) is 1.52. The highest BCUT2D eigenvalue weighted by Gasteiger charge is 2.24. The van der Waals surface area contributed by atoms with E-state index >= 15 is 0 Å². The largest absolute Gasteiger partial charge is 0.477 e. The van der Waals surface area contributed by atoms with Crippen LogP contribution in [0.4, 0.5) is 10.1 Å². The van der Waals surface area contributed by atoms with Gasteiger partial charge in [0.15, 0.2) is 5.16 Å². The Bertz CT molecular complexity index is 738. The summed E-state index contributed by atoms with van der Waals surface area (Å²) in [7, 11) is 0. The minimum Gasteiger partial charge on any atom is -0.477 e. The average Bonchev–Trinajstić information content (AvgIpc) is 2.40. The van der Waals surface area contributed by atoms with Gasteiger partial charge in [-0.2, -0.15) is 0 Å². The molecule has 0 aliphatic rings. The molecule has 2 aromatic rings. The van der Waals surface area contributed by atoms with E-state index in [-0.39, 0.29) is 10.1 Å². The van der Waals surface area contributed by atoms with Crippen molar-refractivity contribution >= 4 is 23.4 Å². The van der Waals surface area contributed by atoms with Crippen molar-refractivity contribution in [3.8, 4) is 0 Å². The molecule has 0 atom stereocenters. The van der Waals surface area contributed by atoms with Crippen molar-refractivity contribution in [1.82, 2.24) is 9.97 Å². The minimum absolute atomic E-state index is 0.0939. The summed E-state index contributed by atoms with van der Waals surface area (Å²) in [4.78, 5) is 28.7. The van der Waals surface area contributed by atoms with Gasteiger partial charge in [-0.05, 0) is 30.8 Å². The molecule has 0 saturated heterocycles. The van der Waals surface area contributed by atoms with Crippen molar-refractivity contribution in [2.45, 2.75) is 17.0 Å². The molecule has 21 heavy (non-hydrogen) atoms. The van der Waals surface area contributed by atoms with Gasteiger partial charge < -0.3 is 5.11 Å². The van der Waals surface area contributed by atoms with Crippen molar-refractivity contribution in [2.24, 2.45) is 0 Å². The third-order valence-electron chi connectivity index (χ3n) is 2.45. The molecular weight excluding hydrogens is 301 g/mol. The van der Waals surface area contributed by atoms with Crippen LogP contribution in [0.1, 0.15) is 16.1 Å². The van der Waals surface area contributed by atoms with Gasteiger partial charge in [0.25, 0.3) is 5.69 Å². The SMILES string of the molecule is Cc1ccnc(Sc2cc(C(=O)O)c([N+](=O)[O-])cc2F)n1. The maximum absolute atomic E-state index is 13.9. The van der Waals surface area contributed by atoms with Gasteiger partial charge in [0, 0.05) is 11.9 Å². The Kier molecular flexibility index (Phi) is 4.13. The number of halogens is 1. The number of aromatic carboxylic acids is 1. The average molecular weight is 309 g/mol. The van der Waals surface area contributed by atoms with Gasteiger partial charge in [-0.3, -0.25) is 10.1 Å². The second-order valence-corrected chi connectivity index (χ2v) is 4.95. The van der Waals surface area contributed by atoms with Crippen molar-refractivity contribution in [3.63, 3.8) is 0 Å². The van der Waals surface area contributed by atoms with Crippen LogP contribution in [0, 0.1) is 22.9 Å². The third-order valence-corrected chi connectivity index (χ3v) is 3.36. The van der Waals surface area contributed by atoms with Crippen molar-refractivity contribution in [1.29, 1.82) is 0 Å². The lowest BCUT2D eigenvalue weighted by Crippen LogP contribution is -2.04. The summed E-state index contributed by atoms with van der Waals surface area (Å²) >= 11 is 0.797. The first-order valence-corrected chi connectivity index (χ1v) is 6.39. The van der Waals surface area contributed by atoms with Gasteiger partial charge >= 0.3 is 5.97 Å². The topological polar surface area (TPSA) is 106 Å². The monoisotopic (exact) mass is 309 g/mol. The standard InChI is InChI=1S/C12H8FN3O4S/c1-6-2-3-14-12(15-6)21-10-4-7(11(17)18)9(16(19)20)5-8(10)13/h2-5H,1H3,(H,17,18). The Morgan fingerprint density at radius 1 is 1.48 bits per heavy atom. The molecule has 108 valence electrons. The maximum atomic E-state index is 13.9. The molecule has 1 N–H and O–H groups in total. The van der Waals surface area contributed by atoms with Crippen LogP contribution < -0.4 is 0 Å². The fourth-order valence-corrected chi connectivity index (χ4v) is 2.35. The van der Waals surface area contributed by atoms with Gasteiger partial charge in [0.2, 0.25) is 0 Å². The summed E-state index contributed by atoms with van der Waals surface area (Å²) in [5.41, 5.74) is -0.723. The van der Waals surface area contributed by atoms with Crippen LogP contribution in [-0.4, -0.2) is 26.0 Å².